The maximum atomic E-state index is 7.88. The molecule has 0 bridgehead atoms. The fraction of sp³-hybridized carbons (Fsp3) is 1.00. The maximum absolute atomic E-state index is 7.88. The van der Waals surface area contributed by atoms with E-state index in [-0.39, 0.29) is 43.4 Å². The van der Waals surface area contributed by atoms with Crippen molar-refractivity contribution in [3.63, 3.8) is 0 Å². The van der Waals surface area contributed by atoms with Gasteiger partial charge in [0.05, 0.1) is 0 Å². The number of hydrogen-bond donors (Lipinski definition) is 1. The fourth-order valence-corrected chi connectivity index (χ4v) is 0. The van der Waals surface area contributed by atoms with Crippen LogP contribution in [0, 0.1) is 0 Å². The van der Waals surface area contributed by atoms with Gasteiger partial charge in [-0.25, -0.2) is 0 Å². The molecule has 0 aliphatic rings. The fourth-order valence-electron chi connectivity index (χ4n) is 0. The second-order valence-corrected chi connectivity index (χ2v) is 0.724. The van der Waals surface area contributed by atoms with Gasteiger partial charge < -0.3 is 5.11 Å². The van der Waals surface area contributed by atoms with E-state index in [1.165, 1.54) is 0 Å². The molecule has 0 amide bonds. The monoisotopic (exact) mass is 156 g/mol. The van der Waals surface area contributed by atoms with Crippen molar-refractivity contribution in [3.8, 4) is 0 Å². The van der Waals surface area contributed by atoms with E-state index in [0.717, 1.165) is 6.42 Å². The quantitative estimate of drug-likeness (QED) is 0.544. The number of aliphatic hydroxyl groups excluding tert-OH is 1. The Morgan fingerprint density at radius 3 is 1.50 bits per heavy atom. The Balaban J connectivity index is -0.0000000450. The summed E-state index contributed by atoms with van der Waals surface area (Å²) in [5.74, 6) is 0. The van der Waals surface area contributed by atoms with Crippen molar-refractivity contribution in [1.29, 1.82) is 0 Å². The van der Waals surface area contributed by atoms with Crippen molar-refractivity contribution in [2.24, 2.45) is 0 Å². The molecule has 34 valence electrons. The Morgan fingerprint density at radius 2 is 1.50 bits per heavy atom. The van der Waals surface area contributed by atoms with Gasteiger partial charge in [0.1, 0.15) is 0 Å². The predicted molar refractivity (Wildman–Crippen MR) is 17.4 cm³/mol. The third kappa shape index (κ3) is 18.2. The van der Waals surface area contributed by atoms with Crippen LogP contribution < -0.4 is 0 Å². The summed E-state index contributed by atoms with van der Waals surface area (Å²) >= 11 is 0. The first-order valence-electron chi connectivity index (χ1n) is 1.52. The van der Waals surface area contributed by atoms with Crippen molar-refractivity contribution in [2.75, 3.05) is 6.61 Å². The molecule has 3 heteroatoms. The molecule has 0 aliphatic carbocycles. The van der Waals surface area contributed by atoms with Gasteiger partial charge in [0.25, 0.3) is 0 Å². The summed E-state index contributed by atoms with van der Waals surface area (Å²) in [4.78, 5) is 0. The number of aliphatic hydroxyl groups is 1. The third-order valence-electron chi connectivity index (χ3n) is 0.224. The van der Waals surface area contributed by atoms with E-state index in [2.05, 4.69) is 0 Å². The molecule has 0 fully saturated rings. The summed E-state index contributed by atoms with van der Waals surface area (Å²) in [6, 6.07) is 0. The van der Waals surface area contributed by atoms with Crippen molar-refractivity contribution in [2.45, 2.75) is 13.3 Å². The van der Waals surface area contributed by atoms with E-state index in [1.54, 1.807) is 0 Å². The Labute approximate surface area is 68.3 Å². The van der Waals surface area contributed by atoms with Gasteiger partial charge in [-0.1, -0.05) is 6.92 Å². The van der Waals surface area contributed by atoms with E-state index in [4.69, 9.17) is 5.11 Å². The standard InChI is InChI=1S/C3H8O.2Ti/c1-2-3-4;;/h4H,2-3H2,1H3;;. The summed E-state index contributed by atoms with van der Waals surface area (Å²) in [6.07, 6.45) is 0.875. The van der Waals surface area contributed by atoms with Gasteiger partial charge in [-0.3, -0.25) is 0 Å². The van der Waals surface area contributed by atoms with Gasteiger partial charge >= 0.3 is 0 Å². The van der Waals surface area contributed by atoms with Crippen LogP contribution in [0.25, 0.3) is 0 Å². The summed E-state index contributed by atoms with van der Waals surface area (Å²) in [7, 11) is 0. The van der Waals surface area contributed by atoms with Gasteiger partial charge in [-0.15, -0.1) is 0 Å². The topological polar surface area (TPSA) is 20.2 Å². The molecule has 0 radical (unpaired) electrons. The SMILES string of the molecule is CCCO.[Ti].[Ti]. The van der Waals surface area contributed by atoms with E-state index < -0.39 is 0 Å². The Bertz CT molecular complexity index is 10.8. The average molecular weight is 156 g/mol. The van der Waals surface area contributed by atoms with Gasteiger partial charge in [-0.2, -0.15) is 0 Å². The van der Waals surface area contributed by atoms with Crippen LogP contribution >= 0.6 is 0 Å². The van der Waals surface area contributed by atoms with Crippen LogP contribution in [0.15, 0.2) is 0 Å². The molecule has 0 rings (SSSR count). The first-order valence-corrected chi connectivity index (χ1v) is 1.52. The van der Waals surface area contributed by atoms with E-state index in [1.807, 2.05) is 6.92 Å². The Hall–Kier alpha value is 1.39. The minimum Gasteiger partial charge on any atom is -0.396 e. The molecule has 0 aliphatic heterocycles. The molecule has 0 aromatic rings. The molecule has 0 unspecified atom stereocenters. The summed E-state index contributed by atoms with van der Waals surface area (Å²) in [5.41, 5.74) is 0. The van der Waals surface area contributed by atoms with Crippen LogP contribution in [0.1, 0.15) is 13.3 Å². The molecule has 0 heterocycles. The van der Waals surface area contributed by atoms with Gasteiger partial charge in [0.15, 0.2) is 0 Å². The molecular weight excluding hydrogens is 148 g/mol. The maximum Gasteiger partial charge on any atom is 0.0428 e. The van der Waals surface area contributed by atoms with Crippen LogP contribution in [-0.2, 0) is 43.4 Å². The van der Waals surface area contributed by atoms with E-state index in [9.17, 15) is 0 Å². The minimum absolute atomic E-state index is 0. The second kappa shape index (κ2) is 16.2. The molecular formula is C3H8OTi2. The molecule has 6 heavy (non-hydrogen) atoms. The normalized spacial score (nSPS) is 5.00. The van der Waals surface area contributed by atoms with E-state index >= 15 is 0 Å². The zero-order chi connectivity index (χ0) is 3.41. The zero-order valence-corrected chi connectivity index (χ0v) is 6.98. The first-order chi connectivity index (χ1) is 1.91. The molecule has 1 N–H and O–H groups in total. The zero-order valence-electron chi connectivity index (χ0n) is 3.86. The van der Waals surface area contributed by atoms with Gasteiger partial charge in [0.2, 0.25) is 0 Å². The smallest absolute Gasteiger partial charge is 0.0428 e. The number of hydrogen-bond acceptors (Lipinski definition) is 1. The van der Waals surface area contributed by atoms with Crippen molar-refractivity contribution in [3.05, 3.63) is 0 Å². The summed E-state index contributed by atoms with van der Waals surface area (Å²) in [6.45, 7) is 2.25. The second-order valence-electron chi connectivity index (χ2n) is 0.724. The Kier molecular flexibility index (Phi) is 42.2. The minimum atomic E-state index is 0. The van der Waals surface area contributed by atoms with Crippen molar-refractivity contribution in [1.82, 2.24) is 0 Å². The largest absolute Gasteiger partial charge is 0.396 e. The van der Waals surface area contributed by atoms with Crippen LogP contribution in [0.5, 0.6) is 0 Å². The first kappa shape index (κ1) is 15.7. The third-order valence-corrected chi connectivity index (χ3v) is 0.224. The molecule has 0 aromatic heterocycles. The van der Waals surface area contributed by atoms with Crippen LogP contribution in [-0.4, -0.2) is 11.7 Å². The van der Waals surface area contributed by atoms with Crippen LogP contribution in [0.3, 0.4) is 0 Å². The molecule has 0 saturated heterocycles. The summed E-state index contributed by atoms with van der Waals surface area (Å²) in [5, 5.41) is 7.88. The molecule has 0 saturated carbocycles. The van der Waals surface area contributed by atoms with Crippen molar-refractivity contribution >= 4 is 0 Å². The Morgan fingerprint density at radius 1 is 1.33 bits per heavy atom. The van der Waals surface area contributed by atoms with Gasteiger partial charge in [-0.05, 0) is 6.42 Å². The molecule has 0 aromatic carbocycles. The average Bonchev–Trinajstić information content (AvgIpc) is 1.37. The number of rotatable bonds is 1. The predicted octanol–water partition coefficient (Wildman–Crippen LogP) is 0.384. The van der Waals surface area contributed by atoms with Crippen LogP contribution in [0.4, 0.5) is 0 Å². The summed E-state index contributed by atoms with van der Waals surface area (Å²) < 4.78 is 0. The van der Waals surface area contributed by atoms with Crippen molar-refractivity contribution < 1.29 is 48.5 Å². The molecule has 0 atom stereocenters. The van der Waals surface area contributed by atoms with Crippen LogP contribution in [0.2, 0.25) is 0 Å². The van der Waals surface area contributed by atoms with E-state index in [0.29, 0.717) is 6.61 Å². The van der Waals surface area contributed by atoms with Gasteiger partial charge in [0, 0.05) is 50.0 Å². The molecule has 1 nitrogen and oxygen atoms in total. The molecule has 0 spiro atoms.